The number of aromatic nitrogens is 2. The van der Waals surface area contributed by atoms with E-state index in [-0.39, 0.29) is 23.9 Å². The summed E-state index contributed by atoms with van der Waals surface area (Å²) in [5.74, 6) is -0.203. The van der Waals surface area contributed by atoms with Gasteiger partial charge >= 0.3 is 0 Å². The van der Waals surface area contributed by atoms with Crippen molar-refractivity contribution in [1.82, 2.24) is 20.2 Å². The first kappa shape index (κ1) is 15.3. The van der Waals surface area contributed by atoms with Crippen LogP contribution in [0, 0.1) is 6.92 Å². The predicted octanol–water partition coefficient (Wildman–Crippen LogP) is 1.71. The SMILES string of the molecule is Cc1cnc(C(=O)N2[C@H]3CC[C@H]2[C@]2(C3)NC(=O)c3ccccc3N2)cn1. The fourth-order valence-electron chi connectivity index (χ4n) is 4.62. The van der Waals surface area contributed by atoms with Crippen LogP contribution in [0.25, 0.3) is 0 Å². The summed E-state index contributed by atoms with van der Waals surface area (Å²) < 4.78 is 0. The highest BCUT2D eigenvalue weighted by Gasteiger charge is 2.60. The van der Waals surface area contributed by atoms with E-state index >= 15 is 0 Å². The molecule has 2 saturated heterocycles. The van der Waals surface area contributed by atoms with E-state index in [4.69, 9.17) is 0 Å². The van der Waals surface area contributed by atoms with Crippen LogP contribution in [-0.2, 0) is 0 Å². The molecule has 2 aromatic rings. The third-order valence-electron chi connectivity index (χ3n) is 5.73. The maximum absolute atomic E-state index is 13.1. The number of anilines is 1. The van der Waals surface area contributed by atoms with E-state index in [2.05, 4.69) is 20.6 Å². The Kier molecular flexibility index (Phi) is 3.10. The number of para-hydroxylation sites is 1. The van der Waals surface area contributed by atoms with Crippen molar-refractivity contribution in [3.05, 3.63) is 53.6 Å². The lowest BCUT2D eigenvalue weighted by Crippen LogP contribution is -2.64. The van der Waals surface area contributed by atoms with E-state index in [9.17, 15) is 9.59 Å². The molecule has 1 aromatic heterocycles. The van der Waals surface area contributed by atoms with Crippen LogP contribution in [0.15, 0.2) is 36.7 Å². The number of aryl methyl sites for hydroxylation is 1. The highest BCUT2D eigenvalue weighted by molar-refractivity contribution is 6.02. The average molecular weight is 349 g/mol. The lowest BCUT2D eigenvalue weighted by molar-refractivity contribution is 0.0686. The average Bonchev–Trinajstić information content (AvgIpc) is 3.17. The van der Waals surface area contributed by atoms with Crippen molar-refractivity contribution in [3.8, 4) is 0 Å². The largest absolute Gasteiger partial charge is 0.360 e. The highest BCUT2D eigenvalue weighted by atomic mass is 16.2. The summed E-state index contributed by atoms with van der Waals surface area (Å²) in [6.45, 7) is 1.84. The van der Waals surface area contributed by atoms with Crippen LogP contribution in [0.1, 0.15) is 45.8 Å². The van der Waals surface area contributed by atoms with Crippen LogP contribution in [-0.4, -0.2) is 44.4 Å². The molecule has 2 amide bonds. The summed E-state index contributed by atoms with van der Waals surface area (Å²) in [7, 11) is 0. The molecule has 26 heavy (non-hydrogen) atoms. The van der Waals surface area contributed by atoms with Crippen molar-refractivity contribution in [1.29, 1.82) is 0 Å². The highest BCUT2D eigenvalue weighted by Crippen LogP contribution is 2.46. The Hall–Kier alpha value is -2.96. The van der Waals surface area contributed by atoms with Gasteiger partial charge in [-0.25, -0.2) is 4.98 Å². The molecule has 132 valence electrons. The van der Waals surface area contributed by atoms with Crippen LogP contribution < -0.4 is 10.6 Å². The number of hydrogen-bond donors (Lipinski definition) is 2. The summed E-state index contributed by atoms with van der Waals surface area (Å²) in [5, 5.41) is 6.66. The van der Waals surface area contributed by atoms with Crippen LogP contribution in [0.2, 0.25) is 0 Å². The van der Waals surface area contributed by atoms with E-state index in [1.54, 1.807) is 6.20 Å². The second kappa shape index (κ2) is 5.27. The number of amides is 2. The molecule has 2 bridgehead atoms. The minimum Gasteiger partial charge on any atom is -0.360 e. The minimum atomic E-state index is -0.609. The molecule has 3 aliphatic heterocycles. The molecule has 3 atom stereocenters. The van der Waals surface area contributed by atoms with Crippen LogP contribution in [0.5, 0.6) is 0 Å². The van der Waals surface area contributed by atoms with Crippen LogP contribution in [0.4, 0.5) is 5.69 Å². The molecule has 2 fully saturated rings. The minimum absolute atomic E-state index is 0.0885. The number of benzene rings is 1. The number of fused-ring (bicyclic) bond motifs is 4. The van der Waals surface area contributed by atoms with E-state index < -0.39 is 5.66 Å². The number of nitrogens with zero attached hydrogens (tertiary/aromatic N) is 3. The maximum atomic E-state index is 13.1. The number of rotatable bonds is 1. The van der Waals surface area contributed by atoms with Crippen molar-refractivity contribution >= 4 is 17.5 Å². The molecular formula is C19H19N5O2. The summed E-state index contributed by atoms with van der Waals surface area (Å²) in [5.41, 5.74) is 1.99. The topological polar surface area (TPSA) is 87.2 Å². The van der Waals surface area contributed by atoms with Crippen molar-refractivity contribution in [2.24, 2.45) is 0 Å². The van der Waals surface area contributed by atoms with Gasteiger partial charge in [0.05, 0.1) is 23.5 Å². The normalized spacial score (nSPS) is 28.7. The Morgan fingerprint density at radius 1 is 1.19 bits per heavy atom. The van der Waals surface area contributed by atoms with E-state index in [1.807, 2.05) is 36.1 Å². The molecule has 0 saturated carbocycles. The third-order valence-corrected chi connectivity index (χ3v) is 5.73. The zero-order valence-electron chi connectivity index (χ0n) is 14.4. The Morgan fingerprint density at radius 3 is 2.85 bits per heavy atom. The first-order valence-corrected chi connectivity index (χ1v) is 8.88. The molecule has 0 aliphatic carbocycles. The monoisotopic (exact) mass is 349 g/mol. The summed E-state index contributed by atoms with van der Waals surface area (Å²) in [4.78, 5) is 36.0. The molecule has 0 unspecified atom stereocenters. The van der Waals surface area contributed by atoms with Gasteiger partial charge in [0, 0.05) is 24.3 Å². The van der Waals surface area contributed by atoms with Gasteiger partial charge in [0.2, 0.25) is 0 Å². The lowest BCUT2D eigenvalue weighted by atomic mass is 9.86. The molecule has 0 radical (unpaired) electrons. The second-order valence-electron chi connectivity index (χ2n) is 7.30. The first-order valence-electron chi connectivity index (χ1n) is 8.88. The van der Waals surface area contributed by atoms with E-state index in [0.717, 1.165) is 24.2 Å². The van der Waals surface area contributed by atoms with Gasteiger partial charge in [-0.15, -0.1) is 0 Å². The number of carbonyl (C=O) groups excluding carboxylic acids is 2. The summed E-state index contributed by atoms with van der Waals surface area (Å²) in [6.07, 6.45) is 5.63. The Labute approximate surface area is 150 Å². The number of hydrogen-bond acceptors (Lipinski definition) is 5. The van der Waals surface area contributed by atoms with Gasteiger partial charge in [-0.05, 0) is 31.9 Å². The standard InChI is InChI=1S/C19H19N5O2/c1-11-9-21-15(10-20-11)18(26)24-12-6-7-16(24)19(8-12)22-14-5-3-2-4-13(14)17(25)23-19/h2-5,9-10,12,16,22H,6-8H2,1H3,(H,23,25)/t12-,16-,19-/m0/s1. The van der Waals surface area contributed by atoms with Gasteiger partial charge in [-0.3, -0.25) is 14.6 Å². The lowest BCUT2D eigenvalue weighted by Gasteiger charge is -2.43. The van der Waals surface area contributed by atoms with E-state index in [1.165, 1.54) is 6.20 Å². The summed E-state index contributed by atoms with van der Waals surface area (Å²) >= 11 is 0. The molecule has 4 heterocycles. The second-order valence-corrected chi connectivity index (χ2v) is 7.30. The fraction of sp³-hybridized carbons (Fsp3) is 0.368. The summed E-state index contributed by atoms with van der Waals surface area (Å²) in [6, 6.07) is 7.48. The zero-order valence-corrected chi connectivity index (χ0v) is 14.4. The van der Waals surface area contributed by atoms with Gasteiger partial charge in [0.15, 0.2) is 0 Å². The van der Waals surface area contributed by atoms with Gasteiger partial charge in [0.25, 0.3) is 11.8 Å². The quantitative estimate of drug-likeness (QED) is 0.818. The molecule has 3 aliphatic rings. The first-order chi connectivity index (χ1) is 12.6. The molecule has 5 rings (SSSR count). The number of carbonyl (C=O) groups is 2. The van der Waals surface area contributed by atoms with Crippen molar-refractivity contribution in [2.45, 2.75) is 43.9 Å². The van der Waals surface area contributed by atoms with Crippen molar-refractivity contribution in [2.75, 3.05) is 5.32 Å². The number of nitrogens with one attached hydrogen (secondary N) is 2. The smallest absolute Gasteiger partial charge is 0.274 e. The Balaban J connectivity index is 1.49. The molecule has 2 N–H and O–H groups in total. The van der Waals surface area contributed by atoms with Gasteiger partial charge < -0.3 is 15.5 Å². The maximum Gasteiger partial charge on any atom is 0.274 e. The molecule has 7 heteroatoms. The molecule has 7 nitrogen and oxygen atoms in total. The zero-order chi connectivity index (χ0) is 17.9. The van der Waals surface area contributed by atoms with Crippen LogP contribution >= 0.6 is 0 Å². The van der Waals surface area contributed by atoms with Gasteiger partial charge in [0.1, 0.15) is 11.4 Å². The molecular weight excluding hydrogens is 330 g/mol. The van der Waals surface area contributed by atoms with Gasteiger partial charge in [-0.1, -0.05) is 12.1 Å². The Morgan fingerprint density at radius 2 is 2.04 bits per heavy atom. The van der Waals surface area contributed by atoms with Gasteiger partial charge in [-0.2, -0.15) is 0 Å². The third kappa shape index (κ3) is 2.06. The van der Waals surface area contributed by atoms with Crippen molar-refractivity contribution < 1.29 is 9.59 Å². The van der Waals surface area contributed by atoms with Crippen LogP contribution in [0.3, 0.4) is 0 Å². The fourth-order valence-corrected chi connectivity index (χ4v) is 4.62. The van der Waals surface area contributed by atoms with E-state index in [0.29, 0.717) is 17.7 Å². The molecule has 1 spiro atoms. The predicted molar refractivity (Wildman–Crippen MR) is 94.6 cm³/mol. The Bertz CT molecular complexity index is 912. The molecule has 1 aromatic carbocycles. The van der Waals surface area contributed by atoms with Crippen molar-refractivity contribution in [3.63, 3.8) is 0 Å².